The van der Waals surface area contributed by atoms with Crippen LogP contribution in [0.1, 0.15) is 39.0 Å². The molecular formula is C14H22BrNO. The Morgan fingerprint density at radius 3 is 2.65 bits per heavy atom. The molecule has 0 aliphatic carbocycles. The highest BCUT2D eigenvalue weighted by Crippen LogP contribution is 2.27. The van der Waals surface area contributed by atoms with E-state index in [1.807, 2.05) is 12.1 Å². The minimum absolute atomic E-state index is 0.904. The molecule has 1 rings (SSSR count). The summed E-state index contributed by atoms with van der Waals surface area (Å²) in [5.41, 5.74) is 1.07. The smallest absolute Gasteiger partial charge is 0.142 e. The highest BCUT2D eigenvalue weighted by Gasteiger charge is 2.02. The molecule has 0 fully saturated rings. The third-order valence-corrected chi connectivity index (χ3v) is 3.25. The van der Waals surface area contributed by atoms with E-state index in [0.717, 1.165) is 22.5 Å². The van der Waals surface area contributed by atoms with Crippen LogP contribution in [-0.4, -0.2) is 13.7 Å². The number of ether oxygens (including phenoxy) is 1. The quantitative estimate of drug-likeness (QED) is 0.694. The Morgan fingerprint density at radius 2 is 1.94 bits per heavy atom. The summed E-state index contributed by atoms with van der Waals surface area (Å²) in [4.78, 5) is 0. The number of rotatable bonds is 8. The van der Waals surface area contributed by atoms with Gasteiger partial charge in [-0.3, -0.25) is 0 Å². The monoisotopic (exact) mass is 299 g/mol. The lowest BCUT2D eigenvalue weighted by Gasteiger charge is -2.11. The van der Waals surface area contributed by atoms with E-state index in [1.165, 1.54) is 32.1 Å². The first kappa shape index (κ1) is 14.4. The third kappa shape index (κ3) is 5.44. The van der Waals surface area contributed by atoms with Crippen molar-refractivity contribution < 1.29 is 4.74 Å². The lowest BCUT2D eigenvalue weighted by molar-refractivity contribution is 0.416. The molecule has 1 aromatic rings. The number of unbranched alkanes of at least 4 members (excludes halogenated alkanes) is 4. The van der Waals surface area contributed by atoms with Crippen molar-refractivity contribution in [2.24, 2.45) is 0 Å². The molecule has 0 heterocycles. The largest absolute Gasteiger partial charge is 0.495 e. The maximum Gasteiger partial charge on any atom is 0.142 e. The summed E-state index contributed by atoms with van der Waals surface area (Å²) in [7, 11) is 1.70. The number of anilines is 1. The van der Waals surface area contributed by atoms with E-state index in [0.29, 0.717) is 0 Å². The molecule has 0 spiro atoms. The van der Waals surface area contributed by atoms with Gasteiger partial charge in [0, 0.05) is 11.0 Å². The summed E-state index contributed by atoms with van der Waals surface area (Å²) in [6.07, 6.45) is 6.51. The minimum Gasteiger partial charge on any atom is -0.495 e. The fraction of sp³-hybridized carbons (Fsp3) is 0.571. The molecule has 1 aromatic carbocycles. The first-order valence-electron chi connectivity index (χ1n) is 6.35. The Hall–Kier alpha value is -0.700. The molecule has 0 amide bonds. The minimum atomic E-state index is 0.904. The highest BCUT2D eigenvalue weighted by molar-refractivity contribution is 9.10. The Kier molecular flexibility index (Phi) is 7.10. The summed E-state index contributed by atoms with van der Waals surface area (Å²) in [5.74, 6) is 0.904. The lowest BCUT2D eigenvalue weighted by Crippen LogP contribution is -2.03. The Labute approximate surface area is 113 Å². The average Bonchev–Trinajstić information content (AvgIpc) is 2.34. The number of halogens is 1. The van der Waals surface area contributed by atoms with Crippen molar-refractivity contribution in [3.05, 3.63) is 22.7 Å². The second-order valence-electron chi connectivity index (χ2n) is 4.19. The third-order valence-electron chi connectivity index (χ3n) is 2.76. The Morgan fingerprint density at radius 1 is 1.18 bits per heavy atom. The molecule has 0 unspecified atom stereocenters. The standard InChI is InChI=1S/C14H22BrNO/c1-3-4-5-6-7-10-16-13-11-12(15)8-9-14(13)17-2/h8-9,11,16H,3-7,10H2,1-2H3. The Balaban J connectivity index is 2.32. The van der Waals surface area contributed by atoms with E-state index in [2.05, 4.69) is 34.2 Å². The van der Waals surface area contributed by atoms with Crippen LogP contribution in [0.15, 0.2) is 22.7 Å². The molecule has 0 aromatic heterocycles. The highest BCUT2D eigenvalue weighted by atomic mass is 79.9. The number of nitrogens with one attached hydrogen (secondary N) is 1. The molecule has 3 heteroatoms. The summed E-state index contributed by atoms with van der Waals surface area (Å²) < 4.78 is 6.39. The van der Waals surface area contributed by atoms with Gasteiger partial charge >= 0.3 is 0 Å². The van der Waals surface area contributed by atoms with Crippen LogP contribution in [0.25, 0.3) is 0 Å². The molecule has 96 valence electrons. The SMILES string of the molecule is CCCCCCCNc1cc(Br)ccc1OC. The zero-order valence-corrected chi connectivity index (χ0v) is 12.3. The van der Waals surface area contributed by atoms with Crippen molar-refractivity contribution in [1.29, 1.82) is 0 Å². The van der Waals surface area contributed by atoms with Crippen LogP contribution in [-0.2, 0) is 0 Å². The van der Waals surface area contributed by atoms with Crippen molar-refractivity contribution >= 4 is 21.6 Å². The van der Waals surface area contributed by atoms with Gasteiger partial charge < -0.3 is 10.1 Å². The van der Waals surface area contributed by atoms with Crippen molar-refractivity contribution in [2.75, 3.05) is 19.0 Å². The first-order chi connectivity index (χ1) is 8.27. The zero-order chi connectivity index (χ0) is 12.5. The molecule has 2 nitrogen and oxygen atoms in total. The van der Waals surface area contributed by atoms with Gasteiger partial charge in [0.2, 0.25) is 0 Å². The molecule has 0 bridgehead atoms. The predicted molar refractivity (Wildman–Crippen MR) is 77.9 cm³/mol. The van der Waals surface area contributed by atoms with Crippen molar-refractivity contribution in [3.8, 4) is 5.75 Å². The van der Waals surface area contributed by atoms with Crippen molar-refractivity contribution in [1.82, 2.24) is 0 Å². The molecule has 0 saturated carbocycles. The van der Waals surface area contributed by atoms with Crippen LogP contribution < -0.4 is 10.1 Å². The van der Waals surface area contributed by atoms with E-state index >= 15 is 0 Å². The molecule has 0 saturated heterocycles. The van der Waals surface area contributed by atoms with E-state index in [9.17, 15) is 0 Å². The van der Waals surface area contributed by atoms with Gasteiger partial charge in [0.1, 0.15) is 5.75 Å². The zero-order valence-electron chi connectivity index (χ0n) is 10.8. The summed E-state index contributed by atoms with van der Waals surface area (Å²) >= 11 is 3.47. The number of benzene rings is 1. The number of hydrogen-bond donors (Lipinski definition) is 1. The van der Waals surface area contributed by atoms with Gasteiger partial charge in [-0.2, -0.15) is 0 Å². The molecule has 0 aliphatic rings. The summed E-state index contributed by atoms with van der Waals surface area (Å²) in [5, 5.41) is 3.43. The molecule has 17 heavy (non-hydrogen) atoms. The van der Waals surface area contributed by atoms with Crippen LogP contribution in [0.5, 0.6) is 5.75 Å². The average molecular weight is 300 g/mol. The van der Waals surface area contributed by atoms with Gasteiger partial charge in [-0.05, 0) is 24.6 Å². The van der Waals surface area contributed by atoms with E-state index in [1.54, 1.807) is 7.11 Å². The van der Waals surface area contributed by atoms with Crippen LogP contribution >= 0.6 is 15.9 Å². The molecule has 1 N–H and O–H groups in total. The normalized spacial score (nSPS) is 10.3. The fourth-order valence-electron chi connectivity index (χ4n) is 1.77. The van der Waals surface area contributed by atoms with Crippen LogP contribution in [0.3, 0.4) is 0 Å². The molecule has 0 radical (unpaired) electrons. The second kappa shape index (κ2) is 8.40. The fourth-order valence-corrected chi connectivity index (χ4v) is 2.13. The van der Waals surface area contributed by atoms with Gasteiger partial charge in [0.05, 0.1) is 12.8 Å². The van der Waals surface area contributed by atoms with E-state index < -0.39 is 0 Å². The predicted octanol–water partition coefficient (Wildman–Crippen LogP) is 4.84. The Bertz CT molecular complexity index is 328. The topological polar surface area (TPSA) is 21.3 Å². The van der Waals surface area contributed by atoms with E-state index in [4.69, 9.17) is 4.74 Å². The molecule has 0 aliphatic heterocycles. The van der Waals surface area contributed by atoms with Gasteiger partial charge in [-0.15, -0.1) is 0 Å². The number of methoxy groups -OCH3 is 1. The van der Waals surface area contributed by atoms with Gasteiger partial charge in [0.15, 0.2) is 0 Å². The second-order valence-corrected chi connectivity index (χ2v) is 5.10. The summed E-state index contributed by atoms with van der Waals surface area (Å²) in [6.45, 7) is 3.25. The maximum atomic E-state index is 5.31. The van der Waals surface area contributed by atoms with Crippen molar-refractivity contribution in [3.63, 3.8) is 0 Å². The summed E-state index contributed by atoms with van der Waals surface area (Å²) in [6, 6.07) is 6.03. The number of hydrogen-bond acceptors (Lipinski definition) is 2. The maximum absolute atomic E-state index is 5.31. The van der Waals surface area contributed by atoms with Gasteiger partial charge in [0.25, 0.3) is 0 Å². The first-order valence-corrected chi connectivity index (χ1v) is 7.14. The lowest BCUT2D eigenvalue weighted by atomic mass is 10.1. The van der Waals surface area contributed by atoms with Crippen LogP contribution in [0, 0.1) is 0 Å². The molecular weight excluding hydrogens is 278 g/mol. The van der Waals surface area contributed by atoms with Gasteiger partial charge in [-0.25, -0.2) is 0 Å². The van der Waals surface area contributed by atoms with E-state index in [-0.39, 0.29) is 0 Å². The van der Waals surface area contributed by atoms with Crippen LogP contribution in [0.4, 0.5) is 5.69 Å². The van der Waals surface area contributed by atoms with Crippen LogP contribution in [0.2, 0.25) is 0 Å². The van der Waals surface area contributed by atoms with Crippen molar-refractivity contribution in [2.45, 2.75) is 39.0 Å². The van der Waals surface area contributed by atoms with Gasteiger partial charge in [-0.1, -0.05) is 48.5 Å². The molecule has 0 atom stereocenters.